The van der Waals surface area contributed by atoms with Crippen LogP contribution in [-0.2, 0) is 20.7 Å². The molecule has 3 saturated heterocycles. The molecule has 27 heavy (non-hydrogen) atoms. The number of nitrogens with zero attached hydrogens (tertiary/aromatic N) is 1. The van der Waals surface area contributed by atoms with Gasteiger partial charge in [-0.05, 0) is 37.8 Å². The van der Waals surface area contributed by atoms with Crippen molar-refractivity contribution in [2.75, 3.05) is 26.2 Å². The van der Waals surface area contributed by atoms with Gasteiger partial charge in [-0.2, -0.15) is 0 Å². The highest BCUT2D eigenvalue weighted by Gasteiger charge is 2.62. The van der Waals surface area contributed by atoms with E-state index in [4.69, 9.17) is 9.84 Å². The van der Waals surface area contributed by atoms with Crippen molar-refractivity contribution in [1.82, 2.24) is 10.2 Å². The van der Waals surface area contributed by atoms with Crippen molar-refractivity contribution in [2.45, 2.75) is 44.8 Å². The molecule has 6 nitrogen and oxygen atoms in total. The van der Waals surface area contributed by atoms with Gasteiger partial charge in [0.1, 0.15) is 0 Å². The third-order valence-electron chi connectivity index (χ3n) is 6.60. The monoisotopic (exact) mass is 372 g/mol. The predicted octanol–water partition coefficient (Wildman–Crippen LogP) is 1.53. The van der Waals surface area contributed by atoms with Gasteiger partial charge in [0.2, 0.25) is 5.91 Å². The SMILES string of the molecule is Cc1ccc(C)c(CC(=O)NC[C@H]2[C@H]3CN(CC(=O)O)C[C@]34CC[C@H]2O4)c1. The van der Waals surface area contributed by atoms with Crippen molar-refractivity contribution in [3.63, 3.8) is 0 Å². The Bertz CT molecular complexity index is 765. The van der Waals surface area contributed by atoms with Crippen LogP contribution in [-0.4, -0.2) is 59.8 Å². The Morgan fingerprint density at radius 3 is 2.96 bits per heavy atom. The molecule has 1 spiro atoms. The van der Waals surface area contributed by atoms with E-state index in [1.165, 1.54) is 0 Å². The van der Waals surface area contributed by atoms with Crippen LogP contribution >= 0.6 is 0 Å². The minimum Gasteiger partial charge on any atom is -0.480 e. The molecular weight excluding hydrogens is 344 g/mol. The van der Waals surface area contributed by atoms with Gasteiger partial charge in [-0.25, -0.2) is 0 Å². The van der Waals surface area contributed by atoms with Crippen LogP contribution in [0.15, 0.2) is 18.2 Å². The maximum absolute atomic E-state index is 12.5. The van der Waals surface area contributed by atoms with E-state index in [2.05, 4.69) is 23.5 Å². The largest absolute Gasteiger partial charge is 0.480 e. The smallest absolute Gasteiger partial charge is 0.317 e. The molecule has 1 aromatic rings. The molecule has 0 unspecified atom stereocenters. The highest BCUT2D eigenvalue weighted by Crippen LogP contribution is 2.54. The summed E-state index contributed by atoms with van der Waals surface area (Å²) in [5.41, 5.74) is 3.18. The number of amides is 1. The summed E-state index contributed by atoms with van der Waals surface area (Å²) in [5, 5.41) is 12.2. The van der Waals surface area contributed by atoms with Crippen molar-refractivity contribution in [3.8, 4) is 0 Å². The Morgan fingerprint density at radius 2 is 2.19 bits per heavy atom. The molecule has 2 N–H and O–H groups in total. The highest BCUT2D eigenvalue weighted by atomic mass is 16.5. The minimum absolute atomic E-state index is 0.0425. The Labute approximate surface area is 159 Å². The third-order valence-corrected chi connectivity index (χ3v) is 6.60. The summed E-state index contributed by atoms with van der Waals surface area (Å²) in [6.45, 7) is 6.20. The average molecular weight is 372 g/mol. The molecule has 4 atom stereocenters. The van der Waals surface area contributed by atoms with Gasteiger partial charge in [0.15, 0.2) is 0 Å². The zero-order valence-electron chi connectivity index (χ0n) is 16.0. The molecule has 3 aliphatic rings. The van der Waals surface area contributed by atoms with Crippen LogP contribution < -0.4 is 5.32 Å². The van der Waals surface area contributed by atoms with Crippen molar-refractivity contribution in [1.29, 1.82) is 0 Å². The Balaban J connectivity index is 1.36. The number of carbonyl (C=O) groups is 2. The lowest BCUT2D eigenvalue weighted by Crippen LogP contribution is -2.42. The molecular formula is C21H28N2O4. The highest BCUT2D eigenvalue weighted by molar-refractivity contribution is 5.79. The van der Waals surface area contributed by atoms with E-state index in [-0.39, 0.29) is 30.1 Å². The van der Waals surface area contributed by atoms with Crippen LogP contribution in [0.25, 0.3) is 0 Å². The first-order valence-corrected chi connectivity index (χ1v) is 9.81. The average Bonchev–Trinajstić information content (AvgIpc) is 3.23. The first kappa shape index (κ1) is 18.4. The number of fused-ring (bicyclic) bond motifs is 1. The first-order valence-electron chi connectivity index (χ1n) is 9.81. The fraction of sp³-hybridized carbons (Fsp3) is 0.619. The van der Waals surface area contributed by atoms with E-state index in [0.29, 0.717) is 25.4 Å². The number of aliphatic carboxylic acids is 1. The third kappa shape index (κ3) is 3.48. The van der Waals surface area contributed by atoms with Crippen LogP contribution in [0, 0.1) is 25.7 Å². The van der Waals surface area contributed by atoms with Crippen molar-refractivity contribution >= 4 is 11.9 Å². The Morgan fingerprint density at radius 1 is 1.37 bits per heavy atom. The van der Waals surface area contributed by atoms with Gasteiger partial charge in [0.25, 0.3) is 0 Å². The number of hydrogen-bond donors (Lipinski definition) is 2. The molecule has 0 saturated carbocycles. The normalized spacial score (nSPS) is 31.9. The number of nitrogens with one attached hydrogen (secondary N) is 1. The molecule has 3 heterocycles. The topological polar surface area (TPSA) is 78.9 Å². The second-order valence-corrected chi connectivity index (χ2v) is 8.50. The van der Waals surface area contributed by atoms with Crippen molar-refractivity contribution < 1.29 is 19.4 Å². The number of ether oxygens (including phenoxy) is 1. The number of hydrogen-bond acceptors (Lipinski definition) is 4. The summed E-state index contributed by atoms with van der Waals surface area (Å²) in [6, 6.07) is 6.19. The molecule has 4 rings (SSSR count). The lowest BCUT2D eigenvalue weighted by molar-refractivity contribution is -0.138. The van der Waals surface area contributed by atoms with Crippen molar-refractivity contribution in [2.24, 2.45) is 11.8 Å². The maximum Gasteiger partial charge on any atom is 0.317 e. The number of carboxylic acid groups (broad SMARTS) is 1. The van der Waals surface area contributed by atoms with Crippen LogP contribution in [0.5, 0.6) is 0 Å². The second-order valence-electron chi connectivity index (χ2n) is 8.50. The summed E-state index contributed by atoms with van der Waals surface area (Å²) in [5.74, 6) is -0.156. The van der Waals surface area contributed by atoms with Gasteiger partial charge >= 0.3 is 5.97 Å². The zero-order chi connectivity index (χ0) is 19.2. The molecule has 2 bridgehead atoms. The molecule has 6 heteroatoms. The number of carboxylic acids is 1. The van der Waals surface area contributed by atoms with Crippen LogP contribution in [0.1, 0.15) is 29.5 Å². The van der Waals surface area contributed by atoms with E-state index in [1.807, 2.05) is 18.7 Å². The Kier molecular flexibility index (Phi) is 4.72. The number of carbonyl (C=O) groups excluding carboxylic acids is 1. The summed E-state index contributed by atoms with van der Waals surface area (Å²) < 4.78 is 6.31. The van der Waals surface area contributed by atoms with E-state index in [0.717, 1.165) is 36.1 Å². The van der Waals surface area contributed by atoms with Crippen LogP contribution in [0.4, 0.5) is 0 Å². The van der Waals surface area contributed by atoms with Gasteiger partial charge in [0, 0.05) is 31.5 Å². The lowest BCUT2D eigenvalue weighted by atomic mass is 9.73. The molecule has 0 aliphatic carbocycles. The standard InChI is InChI=1S/C21H28N2O4/c1-13-3-4-14(2)15(7-13)8-19(24)22-9-16-17-10-23(11-20(25)26)12-21(17)6-5-18(16)27-21/h3-4,7,16-18H,5-6,8-12H2,1-2H3,(H,22,24)(H,25,26)/t16-,17+,18+,21+/m0/s1. The van der Waals surface area contributed by atoms with E-state index >= 15 is 0 Å². The summed E-state index contributed by atoms with van der Waals surface area (Å²) in [7, 11) is 0. The van der Waals surface area contributed by atoms with Gasteiger partial charge < -0.3 is 15.2 Å². The molecule has 146 valence electrons. The number of rotatable bonds is 6. The Hall–Kier alpha value is -1.92. The molecule has 0 aromatic heterocycles. The van der Waals surface area contributed by atoms with Crippen LogP contribution in [0.2, 0.25) is 0 Å². The molecule has 1 amide bonds. The van der Waals surface area contributed by atoms with E-state index in [9.17, 15) is 9.59 Å². The minimum atomic E-state index is -0.792. The maximum atomic E-state index is 12.5. The van der Waals surface area contributed by atoms with Crippen LogP contribution in [0.3, 0.4) is 0 Å². The first-order chi connectivity index (χ1) is 12.9. The molecule has 1 aromatic carbocycles. The van der Waals surface area contributed by atoms with Crippen molar-refractivity contribution in [3.05, 3.63) is 34.9 Å². The fourth-order valence-corrected chi connectivity index (χ4v) is 5.33. The second kappa shape index (κ2) is 6.91. The van der Waals surface area contributed by atoms with Gasteiger partial charge in [-0.3, -0.25) is 14.5 Å². The number of aryl methyl sites for hydroxylation is 2. The number of benzene rings is 1. The summed E-state index contributed by atoms with van der Waals surface area (Å²) in [4.78, 5) is 25.5. The van der Waals surface area contributed by atoms with Gasteiger partial charge in [0.05, 0.1) is 24.7 Å². The molecule has 0 radical (unpaired) electrons. The quantitative estimate of drug-likeness (QED) is 0.792. The van der Waals surface area contributed by atoms with Gasteiger partial charge in [-0.15, -0.1) is 0 Å². The number of likely N-dealkylation sites (tertiary alicyclic amines) is 1. The fourth-order valence-electron chi connectivity index (χ4n) is 5.33. The van der Waals surface area contributed by atoms with E-state index < -0.39 is 5.97 Å². The molecule has 3 fully saturated rings. The summed E-state index contributed by atoms with van der Waals surface area (Å²) in [6.07, 6.45) is 2.61. The lowest BCUT2D eigenvalue weighted by Gasteiger charge is -2.29. The molecule has 3 aliphatic heterocycles. The predicted molar refractivity (Wildman–Crippen MR) is 101 cm³/mol. The van der Waals surface area contributed by atoms with E-state index in [1.54, 1.807) is 0 Å². The zero-order valence-corrected chi connectivity index (χ0v) is 16.0. The summed E-state index contributed by atoms with van der Waals surface area (Å²) >= 11 is 0. The van der Waals surface area contributed by atoms with Gasteiger partial charge in [-0.1, -0.05) is 23.8 Å².